The standard InChI is InChI=1S/C77H83N9O14S2/c1-49(88)82-67-69(93)68(92)64(45-87)100-75(67)99-46-61(71(95)80-43-65(79)90)84-74(98)63(48-102-77(55-31-17-6-18-32-55,56-33-19-7-20-34-56)57-35-21-8-22-36-57)86-73(97)60(42-50-23-9-2-10-24-50)83-66(91)44-81-72(96)62(85-70(94)59(78)41-51-37-39-58(89)40-38-51)47-101-76(52-25-11-3-12-26-52,53-27-13-4-14-28-53)54-29-15-5-16-30-54/h2-40,59-64,67-69,75,87,89,92-93H,41-48,78H2,1H3,(H2,79,90)(H,80,95)(H,81,96)(H,82,88)(H,83,91)(H,84,98)(H,85,94)(H,86,97)/t59-,60-,61-,62+,63+,64+,67+,68+,69+,75+/m0/s1. The van der Waals surface area contributed by atoms with Crippen LogP contribution >= 0.6 is 23.5 Å². The van der Waals surface area contributed by atoms with Crippen LogP contribution < -0.4 is 48.7 Å². The van der Waals surface area contributed by atoms with Gasteiger partial charge in [0.2, 0.25) is 47.3 Å². The fraction of sp³-hybridized carbons (Fsp3) is 0.273. The molecule has 1 saturated heterocycles. The molecule has 0 saturated carbocycles. The monoisotopic (exact) mass is 1420 g/mol. The van der Waals surface area contributed by atoms with Gasteiger partial charge < -0.3 is 78.6 Å². The third-order valence-electron chi connectivity index (χ3n) is 17.1. The average Bonchev–Trinajstić information content (AvgIpc) is 0.762. The van der Waals surface area contributed by atoms with Gasteiger partial charge in [-0.1, -0.05) is 224 Å². The lowest BCUT2D eigenvalue weighted by Crippen LogP contribution is -2.65. The van der Waals surface area contributed by atoms with E-state index in [9.17, 15) is 49.2 Å². The second-order valence-corrected chi connectivity index (χ2v) is 26.8. The summed E-state index contributed by atoms with van der Waals surface area (Å²) < 4.78 is 9.70. The highest BCUT2D eigenvalue weighted by atomic mass is 32.2. The van der Waals surface area contributed by atoms with Crippen molar-refractivity contribution in [2.24, 2.45) is 11.5 Å². The van der Waals surface area contributed by atoms with E-state index >= 15 is 9.59 Å². The summed E-state index contributed by atoms with van der Waals surface area (Å²) in [4.78, 5) is 114. The number of primary amides is 1. The number of ether oxygens (including phenoxy) is 2. The summed E-state index contributed by atoms with van der Waals surface area (Å²) in [6.45, 7) is -1.92. The molecule has 0 bridgehead atoms. The summed E-state index contributed by atoms with van der Waals surface area (Å²) >= 11 is 2.64. The van der Waals surface area contributed by atoms with Crippen molar-refractivity contribution < 1.29 is 68.3 Å². The van der Waals surface area contributed by atoms with Gasteiger partial charge in [-0.3, -0.25) is 38.4 Å². The van der Waals surface area contributed by atoms with Gasteiger partial charge in [0.15, 0.2) is 6.29 Å². The molecule has 1 heterocycles. The number of nitrogens with one attached hydrogen (secondary N) is 7. The summed E-state index contributed by atoms with van der Waals surface area (Å²) in [5.41, 5.74) is 18.2. The van der Waals surface area contributed by atoms with E-state index in [0.717, 1.165) is 40.3 Å². The van der Waals surface area contributed by atoms with Crippen LogP contribution in [-0.4, -0.2) is 166 Å². The van der Waals surface area contributed by atoms with Crippen molar-refractivity contribution in [1.29, 1.82) is 0 Å². The maximum atomic E-state index is 15.5. The van der Waals surface area contributed by atoms with Gasteiger partial charge >= 0.3 is 0 Å². The molecule has 0 aliphatic carbocycles. The minimum atomic E-state index is -1.77. The van der Waals surface area contributed by atoms with Gasteiger partial charge in [0.1, 0.15) is 54.3 Å². The molecule has 8 amide bonds. The lowest BCUT2D eigenvalue weighted by atomic mass is 9.84. The Bertz CT molecular complexity index is 3860. The number of aromatic hydroxyl groups is 1. The lowest BCUT2D eigenvalue weighted by molar-refractivity contribution is -0.271. The number of amides is 8. The number of phenols is 1. The van der Waals surface area contributed by atoms with Crippen LogP contribution in [0.15, 0.2) is 237 Å². The number of aliphatic hydroxyl groups is 3. The molecule has 0 aromatic heterocycles. The number of phenolic OH excluding ortho intramolecular Hbond substituents is 1. The van der Waals surface area contributed by atoms with Gasteiger partial charge in [0.05, 0.1) is 41.8 Å². The molecule has 9 rings (SSSR count). The molecule has 1 fully saturated rings. The maximum Gasteiger partial charge on any atom is 0.245 e. The molecule has 532 valence electrons. The zero-order valence-corrected chi connectivity index (χ0v) is 57.4. The summed E-state index contributed by atoms with van der Waals surface area (Å²) in [5, 5.41) is 60.6. The number of nitrogens with two attached hydrogens (primary N) is 2. The number of carbonyl (C=O) groups is 8. The van der Waals surface area contributed by atoms with Crippen molar-refractivity contribution in [2.75, 3.05) is 37.8 Å². The van der Waals surface area contributed by atoms with E-state index in [1.807, 2.05) is 182 Å². The Morgan fingerprint density at radius 2 is 0.863 bits per heavy atom. The van der Waals surface area contributed by atoms with Crippen LogP contribution in [0.25, 0.3) is 0 Å². The predicted molar refractivity (Wildman–Crippen MR) is 388 cm³/mol. The minimum Gasteiger partial charge on any atom is -0.508 e. The fourth-order valence-electron chi connectivity index (χ4n) is 12.0. The molecular formula is C77H83N9O14S2. The van der Waals surface area contributed by atoms with Crippen LogP contribution in [0.2, 0.25) is 0 Å². The molecule has 102 heavy (non-hydrogen) atoms. The average molecular weight is 1420 g/mol. The van der Waals surface area contributed by atoms with E-state index in [1.54, 1.807) is 42.5 Å². The van der Waals surface area contributed by atoms with Crippen LogP contribution in [-0.2, 0) is 70.2 Å². The topological polar surface area (TPSA) is 372 Å². The quantitative estimate of drug-likeness (QED) is 0.0256. The summed E-state index contributed by atoms with van der Waals surface area (Å²) in [6, 6.07) is 63.4. The second-order valence-electron chi connectivity index (χ2n) is 24.3. The van der Waals surface area contributed by atoms with Crippen LogP contribution in [0.3, 0.4) is 0 Å². The largest absolute Gasteiger partial charge is 0.508 e. The number of hydrogen-bond donors (Lipinski definition) is 13. The third kappa shape index (κ3) is 19.9. The first-order valence-corrected chi connectivity index (χ1v) is 35.0. The minimum absolute atomic E-state index is 0.0207. The first-order chi connectivity index (χ1) is 49.3. The predicted octanol–water partition coefficient (Wildman–Crippen LogP) is 3.57. The summed E-state index contributed by atoms with van der Waals surface area (Å²) in [6.07, 6.45) is -6.67. The molecule has 10 atom stereocenters. The molecular weight excluding hydrogens is 1340 g/mol. The van der Waals surface area contributed by atoms with E-state index in [0.29, 0.717) is 11.1 Å². The van der Waals surface area contributed by atoms with Crippen LogP contribution in [0.1, 0.15) is 51.4 Å². The second kappa shape index (κ2) is 36.9. The summed E-state index contributed by atoms with van der Waals surface area (Å²) in [5.74, 6) is -7.16. The van der Waals surface area contributed by atoms with E-state index in [2.05, 4.69) is 37.2 Å². The molecule has 0 radical (unpaired) electrons. The first-order valence-electron chi connectivity index (χ1n) is 33.0. The van der Waals surface area contributed by atoms with Gasteiger partial charge in [-0.05, 0) is 63.1 Å². The Hall–Kier alpha value is -10.2. The van der Waals surface area contributed by atoms with Crippen molar-refractivity contribution in [3.05, 3.63) is 281 Å². The number of rotatable bonds is 34. The first kappa shape index (κ1) is 76.0. The molecule has 0 spiro atoms. The van der Waals surface area contributed by atoms with E-state index in [4.69, 9.17) is 20.9 Å². The lowest BCUT2D eigenvalue weighted by Gasteiger charge is -2.42. The zero-order chi connectivity index (χ0) is 72.6. The van der Waals surface area contributed by atoms with Crippen LogP contribution in [0.4, 0.5) is 0 Å². The molecule has 1 aliphatic heterocycles. The molecule has 15 N–H and O–H groups in total. The van der Waals surface area contributed by atoms with Crippen molar-refractivity contribution >= 4 is 70.8 Å². The Balaban J connectivity index is 1.04. The highest BCUT2D eigenvalue weighted by Crippen LogP contribution is 2.50. The molecule has 23 nitrogen and oxygen atoms in total. The molecule has 0 unspecified atom stereocenters. The van der Waals surface area contributed by atoms with Crippen molar-refractivity contribution in [3.63, 3.8) is 0 Å². The van der Waals surface area contributed by atoms with Gasteiger partial charge in [-0.15, -0.1) is 23.5 Å². The Morgan fingerprint density at radius 3 is 1.29 bits per heavy atom. The smallest absolute Gasteiger partial charge is 0.245 e. The highest BCUT2D eigenvalue weighted by Gasteiger charge is 2.47. The Morgan fingerprint density at radius 1 is 0.480 bits per heavy atom. The highest BCUT2D eigenvalue weighted by molar-refractivity contribution is 8.01. The van der Waals surface area contributed by atoms with Gasteiger partial charge in [0, 0.05) is 24.9 Å². The SMILES string of the molecule is CC(=O)N[C@H]1[C@H](OC[C@H](NC(=O)[C@@H](CSC(c2ccccc2)(c2ccccc2)c2ccccc2)NC(=O)[C@H](Cc2ccccc2)NC(=O)CNC(=O)[C@@H](CSC(c2ccccc2)(c2ccccc2)c2ccccc2)NC(=O)[C@@H](N)Cc2ccc(O)cc2)C(=O)NCC(N)=O)O[C@H](CO)[C@@H](O)[C@@H]1O. The van der Waals surface area contributed by atoms with E-state index in [1.165, 1.54) is 35.7 Å². The van der Waals surface area contributed by atoms with Crippen molar-refractivity contribution in [2.45, 2.75) is 90.1 Å². The van der Waals surface area contributed by atoms with Gasteiger partial charge in [0.25, 0.3) is 0 Å². The van der Waals surface area contributed by atoms with Crippen LogP contribution in [0, 0.1) is 0 Å². The molecule has 1 aliphatic rings. The normalized spacial score (nSPS) is 17.4. The van der Waals surface area contributed by atoms with Crippen molar-refractivity contribution in [3.8, 4) is 5.75 Å². The number of benzene rings is 8. The Kier molecular flexibility index (Phi) is 27.5. The van der Waals surface area contributed by atoms with Gasteiger partial charge in [-0.2, -0.15) is 0 Å². The number of hydrogen-bond acceptors (Lipinski definition) is 17. The summed E-state index contributed by atoms with van der Waals surface area (Å²) in [7, 11) is 0. The molecule has 8 aromatic carbocycles. The number of carbonyl (C=O) groups excluding carboxylic acids is 8. The molecule has 8 aromatic rings. The zero-order valence-electron chi connectivity index (χ0n) is 55.8. The van der Waals surface area contributed by atoms with E-state index in [-0.39, 0.29) is 30.1 Å². The Labute approximate surface area is 599 Å². The van der Waals surface area contributed by atoms with Crippen LogP contribution in [0.5, 0.6) is 5.75 Å². The van der Waals surface area contributed by atoms with Gasteiger partial charge in [-0.25, -0.2) is 0 Å². The third-order valence-corrected chi connectivity index (χ3v) is 20.4. The van der Waals surface area contributed by atoms with Crippen molar-refractivity contribution in [1.82, 2.24) is 37.2 Å². The number of aliphatic hydroxyl groups excluding tert-OH is 3. The van der Waals surface area contributed by atoms with E-state index < -0.39 is 144 Å². The number of thioether (sulfide) groups is 2. The molecule has 25 heteroatoms. The fourth-order valence-corrected chi connectivity index (χ4v) is 15.1. The maximum absolute atomic E-state index is 15.5.